The molecule has 88 valence electrons. The molecule has 16 heavy (non-hydrogen) atoms. The van der Waals surface area contributed by atoms with Crippen LogP contribution < -0.4 is 0 Å². The molecule has 0 bridgehead atoms. The summed E-state index contributed by atoms with van der Waals surface area (Å²) < 4.78 is 35.9. The van der Waals surface area contributed by atoms with Crippen molar-refractivity contribution < 1.29 is 17.7 Å². The summed E-state index contributed by atoms with van der Waals surface area (Å²) in [7, 11) is -4.08. The molecule has 0 aromatic heterocycles. The first kappa shape index (κ1) is 11.6. The van der Waals surface area contributed by atoms with Gasteiger partial charge in [0.25, 0.3) is 10.1 Å². The molecule has 1 saturated heterocycles. The van der Waals surface area contributed by atoms with Crippen molar-refractivity contribution in [3.63, 3.8) is 0 Å². The van der Waals surface area contributed by atoms with Crippen molar-refractivity contribution in [2.45, 2.75) is 30.3 Å². The number of hydrogen-bond acceptors (Lipinski definition) is 3. The van der Waals surface area contributed by atoms with E-state index in [9.17, 15) is 8.42 Å². The lowest BCUT2D eigenvalue weighted by Gasteiger charge is -2.09. The highest BCUT2D eigenvalue weighted by molar-refractivity contribution is 7.85. The highest BCUT2D eigenvalue weighted by atomic mass is 32.2. The number of rotatable bonds is 3. The average molecular weight is 242 g/mol. The summed E-state index contributed by atoms with van der Waals surface area (Å²) in [4.78, 5) is -0.0661. The second-order valence-electron chi connectivity index (χ2n) is 3.96. The van der Waals surface area contributed by atoms with Crippen molar-refractivity contribution in [2.75, 3.05) is 6.61 Å². The van der Waals surface area contributed by atoms with E-state index >= 15 is 0 Å². The quantitative estimate of drug-likeness (QED) is 0.819. The zero-order chi connectivity index (χ0) is 11.6. The topological polar surface area (TPSA) is 63.6 Å². The lowest BCUT2D eigenvalue weighted by molar-refractivity contribution is 0.111. The summed E-state index contributed by atoms with van der Waals surface area (Å²) in [6.45, 7) is 0.813. The fraction of sp³-hybridized carbons (Fsp3) is 0.455. The summed E-state index contributed by atoms with van der Waals surface area (Å²) >= 11 is 0. The van der Waals surface area contributed by atoms with E-state index in [4.69, 9.17) is 9.29 Å². The molecule has 5 heteroatoms. The van der Waals surface area contributed by atoms with Crippen molar-refractivity contribution >= 4 is 10.1 Å². The van der Waals surface area contributed by atoms with E-state index in [1.165, 1.54) is 12.1 Å². The van der Waals surface area contributed by atoms with Crippen molar-refractivity contribution in [1.29, 1.82) is 0 Å². The van der Waals surface area contributed by atoms with Gasteiger partial charge in [0, 0.05) is 6.61 Å². The largest absolute Gasteiger partial charge is 0.378 e. The Morgan fingerprint density at radius 3 is 2.50 bits per heavy atom. The lowest BCUT2D eigenvalue weighted by atomic mass is 10.1. The van der Waals surface area contributed by atoms with Crippen LogP contribution in [0.5, 0.6) is 0 Å². The van der Waals surface area contributed by atoms with Crippen LogP contribution >= 0.6 is 0 Å². The van der Waals surface area contributed by atoms with Gasteiger partial charge in [-0.25, -0.2) is 0 Å². The van der Waals surface area contributed by atoms with Gasteiger partial charge in [-0.2, -0.15) is 8.42 Å². The first-order valence-electron chi connectivity index (χ1n) is 5.24. The van der Waals surface area contributed by atoms with Gasteiger partial charge < -0.3 is 4.74 Å². The molecule has 1 N–H and O–H groups in total. The third-order valence-electron chi connectivity index (χ3n) is 2.71. The van der Waals surface area contributed by atoms with Crippen molar-refractivity contribution in [3.05, 3.63) is 29.8 Å². The molecule has 0 saturated carbocycles. The molecule has 1 aromatic rings. The Morgan fingerprint density at radius 1 is 1.31 bits per heavy atom. The van der Waals surface area contributed by atoms with Crippen molar-refractivity contribution in [3.8, 4) is 0 Å². The molecule has 1 atom stereocenters. The van der Waals surface area contributed by atoms with Gasteiger partial charge in [-0.3, -0.25) is 4.55 Å². The monoisotopic (exact) mass is 242 g/mol. The fourth-order valence-electron chi connectivity index (χ4n) is 1.87. The first-order chi connectivity index (χ1) is 7.55. The summed E-state index contributed by atoms with van der Waals surface area (Å²) in [5.41, 5.74) is 1.03. The Balaban J connectivity index is 2.07. The van der Waals surface area contributed by atoms with Crippen molar-refractivity contribution in [1.82, 2.24) is 0 Å². The van der Waals surface area contributed by atoms with Crippen LogP contribution in [0.2, 0.25) is 0 Å². The van der Waals surface area contributed by atoms with E-state index in [1.54, 1.807) is 12.1 Å². The lowest BCUT2D eigenvalue weighted by Crippen LogP contribution is -2.08. The Labute approximate surface area is 95.0 Å². The maximum absolute atomic E-state index is 10.8. The van der Waals surface area contributed by atoms with Gasteiger partial charge in [-0.15, -0.1) is 0 Å². The van der Waals surface area contributed by atoms with Crippen molar-refractivity contribution in [2.24, 2.45) is 0 Å². The Kier molecular flexibility index (Phi) is 3.28. The predicted octanol–water partition coefficient (Wildman–Crippen LogP) is 1.65. The van der Waals surface area contributed by atoms with Gasteiger partial charge >= 0.3 is 0 Å². The molecule has 4 nitrogen and oxygen atoms in total. The van der Waals surface area contributed by atoms with E-state index < -0.39 is 10.1 Å². The molecule has 0 spiro atoms. The van der Waals surface area contributed by atoms with Gasteiger partial charge in [0.05, 0.1) is 11.0 Å². The van der Waals surface area contributed by atoms with E-state index in [0.29, 0.717) is 0 Å². The molecular weight excluding hydrogens is 228 g/mol. The second kappa shape index (κ2) is 4.53. The molecule has 0 amide bonds. The first-order valence-corrected chi connectivity index (χ1v) is 6.68. The van der Waals surface area contributed by atoms with Gasteiger partial charge in [-0.05, 0) is 37.0 Å². The molecular formula is C11H14O4S. The molecule has 1 fully saturated rings. The van der Waals surface area contributed by atoms with E-state index in [-0.39, 0.29) is 11.0 Å². The van der Waals surface area contributed by atoms with Gasteiger partial charge in [-0.1, -0.05) is 12.1 Å². The van der Waals surface area contributed by atoms with E-state index in [1.807, 2.05) is 0 Å². The maximum atomic E-state index is 10.8. The summed E-state index contributed by atoms with van der Waals surface area (Å²) in [5.74, 6) is 0. The zero-order valence-corrected chi connectivity index (χ0v) is 9.61. The fourth-order valence-corrected chi connectivity index (χ4v) is 2.35. The molecule has 1 aliphatic heterocycles. The van der Waals surface area contributed by atoms with Gasteiger partial charge in [0.2, 0.25) is 0 Å². The third kappa shape index (κ3) is 2.81. The molecule has 2 rings (SSSR count). The zero-order valence-electron chi connectivity index (χ0n) is 8.80. The van der Waals surface area contributed by atoms with Crippen LogP contribution in [-0.4, -0.2) is 25.7 Å². The van der Waals surface area contributed by atoms with E-state index in [2.05, 4.69) is 0 Å². The predicted molar refractivity (Wildman–Crippen MR) is 58.9 cm³/mol. The molecule has 1 aromatic carbocycles. The highest BCUT2D eigenvalue weighted by Gasteiger charge is 2.16. The SMILES string of the molecule is O=S(=O)(O)c1ccc(CC2CCCO2)cc1. The Hall–Kier alpha value is -0.910. The van der Waals surface area contributed by atoms with E-state index in [0.717, 1.165) is 31.4 Å². The van der Waals surface area contributed by atoms with Crippen LogP contribution in [0.25, 0.3) is 0 Å². The Bertz CT molecular complexity index is 443. The molecule has 0 radical (unpaired) electrons. The highest BCUT2D eigenvalue weighted by Crippen LogP contribution is 2.18. The normalized spacial score (nSPS) is 21.2. The standard InChI is InChI=1S/C11H14O4S/c12-16(13,14)11-5-3-9(4-6-11)8-10-2-1-7-15-10/h3-6,10H,1-2,7-8H2,(H,12,13,14). The second-order valence-corrected chi connectivity index (χ2v) is 5.38. The van der Waals surface area contributed by atoms with Crippen LogP contribution in [0.3, 0.4) is 0 Å². The van der Waals surface area contributed by atoms with Crippen LogP contribution in [0.1, 0.15) is 18.4 Å². The molecule has 0 aliphatic carbocycles. The third-order valence-corrected chi connectivity index (χ3v) is 3.58. The molecule has 1 unspecified atom stereocenters. The van der Waals surface area contributed by atoms with Crippen LogP contribution in [0.15, 0.2) is 29.2 Å². The number of ether oxygens (including phenoxy) is 1. The summed E-state index contributed by atoms with van der Waals surface area (Å²) in [5, 5.41) is 0. The average Bonchev–Trinajstić information content (AvgIpc) is 2.70. The van der Waals surface area contributed by atoms with Gasteiger partial charge in [0.1, 0.15) is 0 Å². The molecule has 1 aliphatic rings. The smallest absolute Gasteiger partial charge is 0.294 e. The van der Waals surface area contributed by atoms with Crippen LogP contribution in [-0.2, 0) is 21.3 Å². The minimum atomic E-state index is -4.08. The Morgan fingerprint density at radius 2 is 2.00 bits per heavy atom. The summed E-state index contributed by atoms with van der Waals surface area (Å²) in [6, 6.07) is 6.26. The van der Waals surface area contributed by atoms with Crippen LogP contribution in [0, 0.1) is 0 Å². The maximum Gasteiger partial charge on any atom is 0.294 e. The number of benzene rings is 1. The number of hydrogen-bond donors (Lipinski definition) is 1. The summed E-state index contributed by atoms with van der Waals surface area (Å²) in [6.07, 6.45) is 3.19. The van der Waals surface area contributed by atoms with Gasteiger partial charge in [0.15, 0.2) is 0 Å². The minimum Gasteiger partial charge on any atom is -0.378 e. The molecule has 1 heterocycles. The minimum absolute atomic E-state index is 0.0661. The van der Waals surface area contributed by atoms with Crippen LogP contribution in [0.4, 0.5) is 0 Å².